The maximum Gasteiger partial charge on any atom is 0.123 e. The van der Waals surface area contributed by atoms with E-state index in [1.165, 1.54) is 6.07 Å². The van der Waals surface area contributed by atoms with Gasteiger partial charge in [-0.15, -0.1) is 0 Å². The fourth-order valence-electron chi connectivity index (χ4n) is 4.61. The molecule has 0 amide bonds. The minimum Gasteiger partial charge on any atom is -0.386 e. The molecule has 3 heteroatoms. The molecule has 0 radical (unpaired) electrons. The lowest BCUT2D eigenvalue weighted by Crippen LogP contribution is -2.19. The van der Waals surface area contributed by atoms with Crippen LogP contribution in [0.4, 0.5) is 4.39 Å². The summed E-state index contributed by atoms with van der Waals surface area (Å²) in [6, 6.07) is 17.2. The normalized spacial score (nSPS) is 19.5. The monoisotopic (exact) mass is 354 g/mol. The molecule has 27 heavy (non-hydrogen) atoms. The minimum absolute atomic E-state index is 0.241. The first-order valence-electron chi connectivity index (χ1n) is 9.00. The smallest absolute Gasteiger partial charge is 0.123 e. The van der Waals surface area contributed by atoms with E-state index in [4.69, 9.17) is 0 Å². The third kappa shape index (κ3) is 1.90. The Kier molecular flexibility index (Phi) is 2.81. The number of aliphatic hydroxyl groups is 2. The van der Waals surface area contributed by atoms with Gasteiger partial charge in [0.25, 0.3) is 0 Å². The highest BCUT2D eigenvalue weighted by Gasteiger charge is 2.25. The van der Waals surface area contributed by atoms with Crippen LogP contribution in [-0.4, -0.2) is 16.3 Å². The van der Waals surface area contributed by atoms with Crippen LogP contribution in [0.3, 0.4) is 0 Å². The number of hydrogen-bond donors (Lipinski definition) is 2. The summed E-state index contributed by atoms with van der Waals surface area (Å²) in [6.07, 6.45) is 1.70. The zero-order chi connectivity index (χ0) is 18.3. The van der Waals surface area contributed by atoms with Gasteiger partial charge in [-0.25, -0.2) is 4.39 Å². The molecule has 6 rings (SSSR count). The van der Waals surface area contributed by atoms with Crippen LogP contribution in [0.5, 0.6) is 0 Å². The second-order valence-corrected chi connectivity index (χ2v) is 7.34. The van der Waals surface area contributed by atoms with Gasteiger partial charge in [0.2, 0.25) is 0 Å². The summed E-state index contributed by atoms with van der Waals surface area (Å²) in [5.74, 6) is -0.241. The number of hydrogen-bond acceptors (Lipinski definition) is 2. The predicted octanol–water partition coefficient (Wildman–Crippen LogP) is 5.30. The molecule has 0 saturated heterocycles. The summed E-state index contributed by atoms with van der Waals surface area (Å²) in [6.45, 7) is 0. The van der Waals surface area contributed by atoms with Gasteiger partial charge in [-0.05, 0) is 78.5 Å². The van der Waals surface area contributed by atoms with E-state index in [0.717, 1.165) is 54.2 Å². The Hall–Kier alpha value is -3.01. The van der Waals surface area contributed by atoms with Crippen molar-refractivity contribution < 1.29 is 14.6 Å². The van der Waals surface area contributed by atoms with Crippen molar-refractivity contribution in [1.29, 1.82) is 0 Å². The van der Waals surface area contributed by atoms with Crippen molar-refractivity contribution in [2.45, 2.75) is 12.2 Å². The molecular formula is C24H15FO2. The number of rotatable bonds is 0. The molecular weight excluding hydrogens is 339 g/mol. The highest BCUT2D eigenvalue weighted by molar-refractivity contribution is 6.29. The van der Waals surface area contributed by atoms with Gasteiger partial charge in [0.05, 0.1) is 0 Å². The predicted molar refractivity (Wildman–Crippen MR) is 108 cm³/mol. The van der Waals surface area contributed by atoms with Crippen LogP contribution in [0.2, 0.25) is 0 Å². The number of halogens is 1. The molecule has 5 aromatic carbocycles. The van der Waals surface area contributed by atoms with E-state index < -0.39 is 12.2 Å². The Bertz CT molecular complexity index is 1420. The average Bonchev–Trinajstić information content (AvgIpc) is 2.68. The molecule has 0 aromatic heterocycles. The van der Waals surface area contributed by atoms with E-state index in [9.17, 15) is 14.6 Å². The fourth-order valence-corrected chi connectivity index (χ4v) is 4.61. The van der Waals surface area contributed by atoms with Crippen LogP contribution in [0, 0.1) is 5.82 Å². The Morgan fingerprint density at radius 3 is 2.26 bits per heavy atom. The van der Waals surface area contributed by atoms with Gasteiger partial charge in [0.1, 0.15) is 18.0 Å². The molecule has 2 N–H and O–H groups in total. The van der Waals surface area contributed by atoms with Crippen molar-refractivity contribution in [1.82, 2.24) is 0 Å². The van der Waals surface area contributed by atoms with Crippen molar-refractivity contribution >= 4 is 49.2 Å². The largest absolute Gasteiger partial charge is 0.386 e. The van der Waals surface area contributed by atoms with Gasteiger partial charge < -0.3 is 10.2 Å². The van der Waals surface area contributed by atoms with Gasteiger partial charge in [-0.3, -0.25) is 0 Å². The first-order chi connectivity index (χ1) is 13.1. The lowest BCUT2D eigenvalue weighted by atomic mass is 9.84. The van der Waals surface area contributed by atoms with E-state index in [0.29, 0.717) is 0 Å². The number of fused-ring (bicyclic) bond motifs is 4. The summed E-state index contributed by atoms with van der Waals surface area (Å²) in [7, 11) is 0. The standard InChI is InChI=1S/C24H15FO2/c25-15-4-3-12-9-13-1-2-14-10-20-16(7-8-21(26)24(20)27)17-5-6-18(19(12)11-15)22(13)23(14)17/h1-11,21,24,26-27H. The first-order valence-corrected chi connectivity index (χ1v) is 9.00. The van der Waals surface area contributed by atoms with Crippen LogP contribution >= 0.6 is 0 Å². The SMILES string of the molecule is OC1C=Cc2c(cc3ccc4cc5ccc(F)cc5c5ccc2c3c45)C1O. The summed E-state index contributed by atoms with van der Waals surface area (Å²) in [4.78, 5) is 0. The molecule has 2 atom stereocenters. The van der Waals surface area contributed by atoms with Crippen LogP contribution < -0.4 is 0 Å². The molecule has 2 nitrogen and oxygen atoms in total. The molecule has 0 heterocycles. The van der Waals surface area contributed by atoms with Crippen LogP contribution in [0.25, 0.3) is 49.2 Å². The molecule has 0 fully saturated rings. The van der Waals surface area contributed by atoms with Gasteiger partial charge in [-0.1, -0.05) is 42.5 Å². The second kappa shape index (κ2) is 5.03. The molecule has 1 aliphatic rings. The van der Waals surface area contributed by atoms with E-state index in [2.05, 4.69) is 18.2 Å². The van der Waals surface area contributed by atoms with E-state index in [-0.39, 0.29) is 5.82 Å². The molecule has 5 aromatic rings. The Morgan fingerprint density at radius 2 is 1.41 bits per heavy atom. The molecule has 0 saturated carbocycles. The summed E-state index contributed by atoms with van der Waals surface area (Å²) >= 11 is 0. The zero-order valence-corrected chi connectivity index (χ0v) is 14.3. The third-order valence-corrected chi connectivity index (χ3v) is 5.86. The van der Waals surface area contributed by atoms with E-state index >= 15 is 0 Å². The van der Waals surface area contributed by atoms with Crippen molar-refractivity contribution in [3.63, 3.8) is 0 Å². The van der Waals surface area contributed by atoms with Crippen molar-refractivity contribution in [2.75, 3.05) is 0 Å². The fraction of sp³-hybridized carbons (Fsp3) is 0.0833. The molecule has 130 valence electrons. The van der Waals surface area contributed by atoms with Crippen molar-refractivity contribution in [3.8, 4) is 0 Å². The number of aliphatic hydroxyl groups excluding tert-OH is 2. The molecule has 0 aliphatic heterocycles. The summed E-state index contributed by atoms with van der Waals surface area (Å²) in [5.41, 5.74) is 1.68. The van der Waals surface area contributed by atoms with Crippen LogP contribution in [0.15, 0.2) is 60.7 Å². The maximum absolute atomic E-state index is 13.9. The third-order valence-electron chi connectivity index (χ3n) is 5.86. The van der Waals surface area contributed by atoms with Crippen molar-refractivity contribution in [2.24, 2.45) is 0 Å². The van der Waals surface area contributed by atoms with E-state index in [1.54, 1.807) is 12.1 Å². The summed E-state index contributed by atoms with van der Waals surface area (Å²) in [5, 5.41) is 28.8. The summed E-state index contributed by atoms with van der Waals surface area (Å²) < 4.78 is 13.9. The highest BCUT2D eigenvalue weighted by atomic mass is 19.1. The van der Waals surface area contributed by atoms with Crippen LogP contribution in [-0.2, 0) is 0 Å². The quantitative estimate of drug-likeness (QED) is 0.293. The lowest BCUT2D eigenvalue weighted by Gasteiger charge is -2.25. The van der Waals surface area contributed by atoms with Gasteiger partial charge in [-0.2, -0.15) is 0 Å². The van der Waals surface area contributed by atoms with Crippen molar-refractivity contribution in [3.05, 3.63) is 77.6 Å². The molecule has 2 unspecified atom stereocenters. The Morgan fingerprint density at radius 1 is 0.704 bits per heavy atom. The van der Waals surface area contributed by atoms with Gasteiger partial charge >= 0.3 is 0 Å². The van der Waals surface area contributed by atoms with Gasteiger partial charge in [0, 0.05) is 0 Å². The number of benzene rings is 5. The Labute approximate surface area is 154 Å². The zero-order valence-electron chi connectivity index (χ0n) is 14.3. The molecule has 1 aliphatic carbocycles. The first kappa shape index (κ1) is 15.1. The Balaban J connectivity index is 1.86. The second-order valence-electron chi connectivity index (χ2n) is 7.34. The molecule has 0 spiro atoms. The lowest BCUT2D eigenvalue weighted by molar-refractivity contribution is 0.0472. The average molecular weight is 354 g/mol. The molecule has 0 bridgehead atoms. The topological polar surface area (TPSA) is 40.5 Å². The maximum atomic E-state index is 13.9. The van der Waals surface area contributed by atoms with E-state index in [1.807, 2.05) is 30.3 Å². The van der Waals surface area contributed by atoms with Crippen LogP contribution in [0.1, 0.15) is 17.2 Å². The highest BCUT2D eigenvalue weighted by Crippen LogP contribution is 2.43. The minimum atomic E-state index is -0.929. The van der Waals surface area contributed by atoms with Gasteiger partial charge in [0.15, 0.2) is 0 Å².